The summed E-state index contributed by atoms with van der Waals surface area (Å²) in [6.45, 7) is 3.80. The largest absolute Gasteiger partial charge is 0.324 e. The van der Waals surface area contributed by atoms with Crippen LogP contribution in [-0.4, -0.2) is 20.7 Å². The fraction of sp³-hybridized carbons (Fsp3) is 0.125. The molecule has 4 rings (SSSR count). The van der Waals surface area contributed by atoms with Crippen molar-refractivity contribution < 1.29 is 4.79 Å². The number of rotatable bonds is 5. The number of carbonyl (C=O) groups is 1. The van der Waals surface area contributed by atoms with Crippen LogP contribution in [0, 0.1) is 6.92 Å². The maximum absolute atomic E-state index is 12.7. The molecule has 0 bridgehead atoms. The van der Waals surface area contributed by atoms with Gasteiger partial charge in [-0.25, -0.2) is 0 Å². The molecule has 1 unspecified atom stereocenters. The first-order chi connectivity index (χ1) is 14.5. The molecule has 0 spiro atoms. The molecule has 0 aliphatic rings. The highest BCUT2D eigenvalue weighted by atomic mass is 79.9. The fourth-order valence-electron chi connectivity index (χ4n) is 3.18. The van der Waals surface area contributed by atoms with Crippen molar-refractivity contribution in [2.45, 2.75) is 19.9 Å². The number of hydrogen-bond acceptors (Lipinski definition) is 3. The van der Waals surface area contributed by atoms with Gasteiger partial charge >= 0.3 is 0 Å². The monoisotopic (exact) mass is 460 g/mol. The lowest BCUT2D eigenvalue weighted by Crippen LogP contribution is -2.23. The third-order valence-electron chi connectivity index (χ3n) is 4.94. The molecule has 1 N–H and O–H groups in total. The molecule has 0 radical (unpaired) electrons. The molecular weight excluding hydrogens is 440 g/mol. The Morgan fingerprint density at radius 3 is 2.33 bits per heavy atom. The summed E-state index contributed by atoms with van der Waals surface area (Å²) in [7, 11) is 0. The van der Waals surface area contributed by atoms with E-state index in [2.05, 4.69) is 31.3 Å². The molecule has 150 valence electrons. The number of nitrogens with one attached hydrogen (secondary N) is 1. The first-order valence-electron chi connectivity index (χ1n) is 9.63. The minimum absolute atomic E-state index is 0.118. The van der Waals surface area contributed by atoms with Gasteiger partial charge in [-0.2, -0.15) is 5.10 Å². The number of aryl methyl sites for hydroxylation is 1. The minimum Gasteiger partial charge on any atom is -0.324 e. The number of pyridine rings is 1. The van der Waals surface area contributed by atoms with Crippen molar-refractivity contribution in [3.63, 3.8) is 0 Å². The molecule has 6 heteroatoms. The van der Waals surface area contributed by atoms with Gasteiger partial charge in [0.15, 0.2) is 0 Å². The SMILES string of the molecule is Cc1cc(-c2ccc(NC(=O)C(C)n3cc(-c4ccc(Br)cc4)cn3)cc2)ccn1. The van der Waals surface area contributed by atoms with Crippen LogP contribution in [-0.2, 0) is 4.79 Å². The van der Waals surface area contributed by atoms with E-state index in [-0.39, 0.29) is 5.91 Å². The standard InChI is InChI=1S/C24H21BrN4O/c1-16-13-20(11-12-26-16)18-5-9-23(10-6-18)28-24(30)17(2)29-15-21(14-27-29)19-3-7-22(25)8-4-19/h3-15,17H,1-2H3,(H,28,30). The van der Waals surface area contributed by atoms with Crippen molar-refractivity contribution in [2.75, 3.05) is 5.32 Å². The van der Waals surface area contributed by atoms with Gasteiger partial charge in [-0.3, -0.25) is 14.5 Å². The highest BCUT2D eigenvalue weighted by Gasteiger charge is 2.16. The summed E-state index contributed by atoms with van der Waals surface area (Å²) in [4.78, 5) is 16.9. The van der Waals surface area contributed by atoms with Crippen LogP contribution in [0.25, 0.3) is 22.3 Å². The summed E-state index contributed by atoms with van der Waals surface area (Å²) in [5.41, 5.74) is 5.93. The van der Waals surface area contributed by atoms with Gasteiger partial charge in [-0.1, -0.05) is 40.2 Å². The van der Waals surface area contributed by atoms with E-state index in [0.717, 1.165) is 38.1 Å². The van der Waals surface area contributed by atoms with Crippen LogP contribution < -0.4 is 5.32 Å². The highest BCUT2D eigenvalue weighted by Crippen LogP contribution is 2.24. The Balaban J connectivity index is 1.44. The van der Waals surface area contributed by atoms with Crippen LogP contribution in [0.3, 0.4) is 0 Å². The number of carbonyl (C=O) groups excluding carboxylic acids is 1. The number of amides is 1. The summed E-state index contributed by atoms with van der Waals surface area (Å²) in [6.07, 6.45) is 5.47. The Hall–Kier alpha value is -3.25. The number of nitrogens with zero attached hydrogens (tertiary/aromatic N) is 3. The van der Waals surface area contributed by atoms with Crippen LogP contribution in [0.2, 0.25) is 0 Å². The quantitative estimate of drug-likeness (QED) is 0.404. The van der Waals surface area contributed by atoms with E-state index in [1.165, 1.54) is 0 Å². The maximum atomic E-state index is 12.7. The van der Waals surface area contributed by atoms with Gasteiger partial charge in [0.1, 0.15) is 6.04 Å². The number of anilines is 1. The second-order valence-electron chi connectivity index (χ2n) is 7.14. The van der Waals surface area contributed by atoms with Gasteiger partial charge in [0.2, 0.25) is 5.91 Å². The van der Waals surface area contributed by atoms with Gasteiger partial charge in [0, 0.05) is 33.8 Å². The Morgan fingerprint density at radius 1 is 0.967 bits per heavy atom. The van der Waals surface area contributed by atoms with E-state index in [9.17, 15) is 4.79 Å². The minimum atomic E-state index is -0.434. The van der Waals surface area contributed by atoms with Crippen LogP contribution in [0.1, 0.15) is 18.7 Å². The van der Waals surface area contributed by atoms with Crippen molar-refractivity contribution in [2.24, 2.45) is 0 Å². The second kappa shape index (κ2) is 8.63. The maximum Gasteiger partial charge on any atom is 0.248 e. The first kappa shape index (κ1) is 20.0. The molecule has 2 aromatic heterocycles. The number of benzene rings is 2. The molecule has 1 amide bonds. The average molecular weight is 461 g/mol. The molecule has 2 aromatic carbocycles. The summed E-state index contributed by atoms with van der Waals surface area (Å²) < 4.78 is 2.71. The zero-order valence-corrected chi connectivity index (χ0v) is 18.3. The Bertz CT molecular complexity index is 1170. The topological polar surface area (TPSA) is 59.8 Å². The summed E-state index contributed by atoms with van der Waals surface area (Å²) in [6, 6.07) is 19.4. The summed E-state index contributed by atoms with van der Waals surface area (Å²) in [5.74, 6) is -0.118. The summed E-state index contributed by atoms with van der Waals surface area (Å²) >= 11 is 3.44. The average Bonchev–Trinajstić information content (AvgIpc) is 3.24. The molecule has 2 heterocycles. The van der Waals surface area contributed by atoms with E-state index in [1.54, 1.807) is 17.1 Å². The number of hydrogen-bond donors (Lipinski definition) is 1. The molecule has 0 aliphatic carbocycles. The van der Waals surface area contributed by atoms with Crippen LogP contribution >= 0.6 is 15.9 Å². The van der Waals surface area contributed by atoms with Crippen LogP contribution in [0.4, 0.5) is 5.69 Å². The fourth-order valence-corrected chi connectivity index (χ4v) is 3.44. The number of aromatic nitrogens is 3. The predicted octanol–water partition coefficient (Wildman–Crippen LogP) is 5.88. The second-order valence-corrected chi connectivity index (χ2v) is 8.06. The zero-order valence-electron chi connectivity index (χ0n) is 16.7. The summed E-state index contributed by atoms with van der Waals surface area (Å²) in [5, 5.41) is 7.35. The van der Waals surface area contributed by atoms with Crippen molar-refractivity contribution >= 4 is 27.5 Å². The van der Waals surface area contributed by atoms with Gasteiger partial charge in [-0.05, 0) is 66.9 Å². The molecule has 5 nitrogen and oxygen atoms in total. The normalized spacial score (nSPS) is 11.8. The first-order valence-corrected chi connectivity index (χ1v) is 10.4. The smallest absolute Gasteiger partial charge is 0.248 e. The highest BCUT2D eigenvalue weighted by molar-refractivity contribution is 9.10. The van der Waals surface area contributed by atoms with Gasteiger partial charge < -0.3 is 5.32 Å². The Morgan fingerprint density at radius 2 is 1.63 bits per heavy atom. The zero-order chi connectivity index (χ0) is 21.1. The molecular formula is C24H21BrN4O. The van der Waals surface area contributed by atoms with E-state index >= 15 is 0 Å². The van der Waals surface area contributed by atoms with Gasteiger partial charge in [-0.15, -0.1) is 0 Å². The third kappa shape index (κ3) is 4.49. The van der Waals surface area contributed by atoms with E-state index in [4.69, 9.17) is 0 Å². The lowest BCUT2D eigenvalue weighted by molar-refractivity contribution is -0.119. The van der Waals surface area contributed by atoms with E-state index in [1.807, 2.05) is 80.7 Å². The lowest BCUT2D eigenvalue weighted by Gasteiger charge is -2.13. The van der Waals surface area contributed by atoms with E-state index in [0.29, 0.717) is 0 Å². The molecule has 0 saturated heterocycles. The molecule has 0 fully saturated rings. The molecule has 4 aromatic rings. The van der Waals surface area contributed by atoms with Gasteiger partial charge in [0.05, 0.1) is 6.20 Å². The van der Waals surface area contributed by atoms with Crippen LogP contribution in [0.5, 0.6) is 0 Å². The predicted molar refractivity (Wildman–Crippen MR) is 123 cm³/mol. The van der Waals surface area contributed by atoms with Crippen molar-refractivity contribution in [1.82, 2.24) is 14.8 Å². The number of halogens is 1. The lowest BCUT2D eigenvalue weighted by atomic mass is 10.1. The van der Waals surface area contributed by atoms with Crippen molar-refractivity contribution in [1.29, 1.82) is 0 Å². The molecule has 0 aliphatic heterocycles. The van der Waals surface area contributed by atoms with E-state index < -0.39 is 6.04 Å². The molecule has 0 saturated carbocycles. The molecule has 1 atom stereocenters. The van der Waals surface area contributed by atoms with Crippen LogP contribution in [0.15, 0.2) is 83.7 Å². The van der Waals surface area contributed by atoms with Crippen molar-refractivity contribution in [3.8, 4) is 22.3 Å². The van der Waals surface area contributed by atoms with Gasteiger partial charge in [0.25, 0.3) is 0 Å². The Kier molecular flexibility index (Phi) is 5.77. The molecule has 30 heavy (non-hydrogen) atoms. The Labute approximate surface area is 183 Å². The van der Waals surface area contributed by atoms with Crippen molar-refractivity contribution in [3.05, 3.63) is 89.4 Å². The third-order valence-corrected chi connectivity index (χ3v) is 5.47.